The largest absolute Gasteiger partial charge is 0.386 e. The van der Waals surface area contributed by atoms with E-state index in [4.69, 9.17) is 5.73 Å². The SMILES string of the molecule is C=C(C)/C=C(\C=NC)CN/C=C1/C(C(=C)C2CC2)=NC=CC1N. The summed E-state index contributed by atoms with van der Waals surface area (Å²) in [5.74, 6) is 0.571. The minimum Gasteiger partial charge on any atom is -0.386 e. The fourth-order valence-corrected chi connectivity index (χ4v) is 2.50. The average molecular weight is 310 g/mol. The Bertz CT molecular complexity index is 628. The molecule has 1 aliphatic heterocycles. The Morgan fingerprint density at radius 3 is 2.83 bits per heavy atom. The molecule has 1 atom stereocenters. The summed E-state index contributed by atoms with van der Waals surface area (Å²) in [6.45, 7) is 10.7. The molecule has 1 aliphatic carbocycles. The van der Waals surface area contributed by atoms with E-state index in [1.807, 2.05) is 31.5 Å². The molecule has 1 saturated carbocycles. The van der Waals surface area contributed by atoms with E-state index in [-0.39, 0.29) is 6.04 Å². The van der Waals surface area contributed by atoms with Gasteiger partial charge in [0.25, 0.3) is 0 Å². The summed E-state index contributed by atoms with van der Waals surface area (Å²) in [5, 5.41) is 3.32. The number of nitrogens with two attached hydrogens (primary N) is 1. The second-order valence-electron chi connectivity index (χ2n) is 6.08. The van der Waals surface area contributed by atoms with Crippen molar-refractivity contribution in [3.05, 3.63) is 60.0 Å². The van der Waals surface area contributed by atoms with Gasteiger partial charge >= 0.3 is 0 Å². The molecule has 0 spiro atoms. The van der Waals surface area contributed by atoms with Gasteiger partial charge in [0.1, 0.15) is 0 Å². The van der Waals surface area contributed by atoms with Crippen LogP contribution < -0.4 is 11.1 Å². The highest BCUT2D eigenvalue weighted by Crippen LogP contribution is 2.38. The van der Waals surface area contributed by atoms with Gasteiger partial charge < -0.3 is 11.1 Å². The molecule has 1 unspecified atom stereocenters. The number of nitrogens with one attached hydrogen (secondary N) is 1. The molecule has 0 aromatic heterocycles. The molecular weight excluding hydrogens is 284 g/mol. The van der Waals surface area contributed by atoms with Gasteiger partial charge in [0, 0.05) is 37.8 Å². The molecule has 0 bridgehead atoms. The van der Waals surface area contributed by atoms with Gasteiger partial charge in [-0.2, -0.15) is 0 Å². The molecule has 0 aromatic rings. The lowest BCUT2D eigenvalue weighted by Gasteiger charge is -2.20. The lowest BCUT2D eigenvalue weighted by molar-refractivity contribution is 0.905. The van der Waals surface area contributed by atoms with Crippen LogP contribution in [0.15, 0.2) is 70.0 Å². The quantitative estimate of drug-likeness (QED) is 0.561. The number of nitrogens with zero attached hydrogens (tertiary/aromatic N) is 2. The van der Waals surface area contributed by atoms with Crippen molar-refractivity contribution in [3.8, 4) is 0 Å². The minimum absolute atomic E-state index is 0.154. The van der Waals surface area contributed by atoms with Crippen LogP contribution in [0.2, 0.25) is 0 Å². The lowest BCUT2D eigenvalue weighted by atomic mass is 9.94. The Morgan fingerprint density at radius 2 is 2.22 bits per heavy atom. The third-order valence-corrected chi connectivity index (χ3v) is 3.79. The maximum atomic E-state index is 6.21. The summed E-state index contributed by atoms with van der Waals surface area (Å²) in [5.41, 5.74) is 11.3. The zero-order valence-electron chi connectivity index (χ0n) is 14.0. The Kier molecular flexibility index (Phi) is 5.88. The maximum Gasteiger partial charge on any atom is 0.0723 e. The van der Waals surface area contributed by atoms with E-state index < -0.39 is 0 Å². The first kappa shape index (κ1) is 17.2. The van der Waals surface area contributed by atoms with E-state index in [0.717, 1.165) is 28.0 Å². The van der Waals surface area contributed by atoms with Gasteiger partial charge in [0.05, 0.1) is 11.8 Å². The second kappa shape index (κ2) is 7.88. The summed E-state index contributed by atoms with van der Waals surface area (Å²) in [4.78, 5) is 8.57. The Balaban J connectivity index is 2.09. The lowest BCUT2D eigenvalue weighted by Crippen LogP contribution is -2.30. The Labute approximate surface area is 139 Å². The Morgan fingerprint density at radius 1 is 1.48 bits per heavy atom. The van der Waals surface area contributed by atoms with E-state index >= 15 is 0 Å². The van der Waals surface area contributed by atoms with Crippen LogP contribution in [0.25, 0.3) is 0 Å². The van der Waals surface area contributed by atoms with Crippen LogP contribution in [-0.4, -0.2) is 31.6 Å². The van der Waals surface area contributed by atoms with Gasteiger partial charge in [-0.1, -0.05) is 24.8 Å². The zero-order valence-corrected chi connectivity index (χ0v) is 14.0. The third-order valence-electron chi connectivity index (χ3n) is 3.79. The first-order chi connectivity index (χ1) is 11.0. The van der Waals surface area contributed by atoms with Gasteiger partial charge in [0.15, 0.2) is 0 Å². The molecule has 1 heterocycles. The molecule has 23 heavy (non-hydrogen) atoms. The second-order valence-corrected chi connectivity index (χ2v) is 6.08. The van der Waals surface area contributed by atoms with E-state index in [1.165, 1.54) is 12.8 Å². The molecule has 1 fully saturated rings. The fourth-order valence-electron chi connectivity index (χ4n) is 2.50. The van der Waals surface area contributed by atoms with E-state index in [2.05, 4.69) is 28.5 Å². The molecule has 0 aromatic carbocycles. The summed E-state index contributed by atoms with van der Waals surface area (Å²) in [7, 11) is 1.76. The van der Waals surface area contributed by atoms with Crippen molar-refractivity contribution in [2.24, 2.45) is 21.6 Å². The average Bonchev–Trinajstić information content (AvgIpc) is 3.32. The summed E-state index contributed by atoms with van der Waals surface area (Å²) >= 11 is 0. The maximum absolute atomic E-state index is 6.21. The zero-order chi connectivity index (χ0) is 16.8. The van der Waals surface area contributed by atoms with Gasteiger partial charge in [-0.15, -0.1) is 0 Å². The molecule has 0 amide bonds. The molecule has 4 heteroatoms. The van der Waals surface area contributed by atoms with Crippen molar-refractivity contribution in [3.63, 3.8) is 0 Å². The Hall–Kier alpha value is -2.20. The molecule has 4 nitrogen and oxygen atoms in total. The van der Waals surface area contributed by atoms with Crippen molar-refractivity contribution in [2.75, 3.05) is 13.6 Å². The fraction of sp³-hybridized carbons (Fsp3) is 0.368. The molecule has 0 radical (unpaired) electrons. The van der Waals surface area contributed by atoms with E-state index in [1.54, 1.807) is 13.2 Å². The van der Waals surface area contributed by atoms with Crippen LogP contribution in [0.4, 0.5) is 0 Å². The number of rotatable bonds is 7. The minimum atomic E-state index is -0.154. The number of hydrogen-bond acceptors (Lipinski definition) is 4. The molecule has 3 N–H and O–H groups in total. The van der Waals surface area contributed by atoms with Crippen molar-refractivity contribution >= 4 is 11.9 Å². The number of allylic oxidation sites excluding steroid dienone is 3. The molecular formula is C19H26N4. The molecule has 2 aliphatic rings. The highest BCUT2D eigenvalue weighted by atomic mass is 14.9. The van der Waals surface area contributed by atoms with Gasteiger partial charge in [-0.25, -0.2) is 0 Å². The number of aliphatic imine (C=N–C) groups is 2. The van der Waals surface area contributed by atoms with Crippen LogP contribution in [0, 0.1) is 5.92 Å². The predicted molar refractivity (Wildman–Crippen MR) is 99.8 cm³/mol. The normalized spacial score (nSPS) is 23.3. The van der Waals surface area contributed by atoms with Crippen LogP contribution >= 0.6 is 0 Å². The summed E-state index contributed by atoms with van der Waals surface area (Å²) < 4.78 is 0. The first-order valence-electron chi connectivity index (χ1n) is 7.94. The van der Waals surface area contributed by atoms with Crippen LogP contribution in [0.5, 0.6) is 0 Å². The smallest absolute Gasteiger partial charge is 0.0723 e. The molecule has 0 saturated heterocycles. The van der Waals surface area contributed by atoms with Gasteiger partial charge in [-0.05, 0) is 42.9 Å². The van der Waals surface area contributed by atoms with E-state index in [9.17, 15) is 0 Å². The van der Waals surface area contributed by atoms with Crippen LogP contribution in [0.3, 0.4) is 0 Å². The van der Waals surface area contributed by atoms with Crippen LogP contribution in [0.1, 0.15) is 19.8 Å². The standard InChI is InChI=1S/C19H26N4/c1-13(2)9-15(10-21-4)11-22-12-17-18(20)7-8-23-19(17)14(3)16-5-6-16/h7-10,12,16,18,22H,1,3,5-6,11,20H2,2,4H3/b15-9+,17-12+,21-10?. The van der Waals surface area contributed by atoms with Crippen molar-refractivity contribution < 1.29 is 0 Å². The molecule has 122 valence electrons. The summed E-state index contributed by atoms with van der Waals surface area (Å²) in [6.07, 6.45) is 11.9. The van der Waals surface area contributed by atoms with E-state index in [0.29, 0.717) is 12.5 Å². The van der Waals surface area contributed by atoms with Crippen molar-refractivity contribution in [1.82, 2.24) is 5.32 Å². The van der Waals surface area contributed by atoms with Crippen LogP contribution in [-0.2, 0) is 0 Å². The monoisotopic (exact) mass is 310 g/mol. The highest BCUT2D eigenvalue weighted by Gasteiger charge is 2.30. The topological polar surface area (TPSA) is 62.8 Å². The highest BCUT2D eigenvalue weighted by molar-refractivity contribution is 6.14. The summed E-state index contributed by atoms with van der Waals surface area (Å²) in [6, 6.07) is -0.154. The van der Waals surface area contributed by atoms with Crippen molar-refractivity contribution in [2.45, 2.75) is 25.8 Å². The number of hydrogen-bond donors (Lipinski definition) is 2. The first-order valence-corrected chi connectivity index (χ1v) is 7.94. The third kappa shape index (κ3) is 4.89. The predicted octanol–water partition coefficient (Wildman–Crippen LogP) is 2.92. The van der Waals surface area contributed by atoms with Gasteiger partial charge in [0.2, 0.25) is 0 Å². The molecule has 2 rings (SSSR count). The van der Waals surface area contributed by atoms with Gasteiger partial charge in [-0.3, -0.25) is 9.98 Å². The van der Waals surface area contributed by atoms with Crippen molar-refractivity contribution in [1.29, 1.82) is 0 Å².